The number of hydrogen-bond donors (Lipinski definition) is 1. The minimum absolute atomic E-state index is 0.216. The molecule has 112 valence electrons. The molecule has 0 saturated carbocycles. The molecule has 2 nitrogen and oxygen atoms in total. The molecule has 1 heterocycles. The first-order chi connectivity index (χ1) is 10.1. The van der Waals surface area contributed by atoms with Crippen molar-refractivity contribution in [2.24, 2.45) is 0 Å². The predicted molar refractivity (Wildman–Crippen MR) is 75.3 cm³/mol. The van der Waals surface area contributed by atoms with Gasteiger partial charge in [-0.3, -0.25) is 4.98 Å². The lowest BCUT2D eigenvalue weighted by Crippen LogP contribution is -2.25. The number of benzene rings is 1. The van der Waals surface area contributed by atoms with E-state index < -0.39 is 17.5 Å². The fraction of sp³-hybridized carbons (Fsp3) is 0.312. The van der Waals surface area contributed by atoms with Crippen molar-refractivity contribution in [3.8, 4) is 0 Å². The van der Waals surface area contributed by atoms with Crippen LogP contribution in [0.1, 0.15) is 30.6 Å². The van der Waals surface area contributed by atoms with Crippen molar-refractivity contribution in [3.05, 3.63) is 65.2 Å². The zero-order chi connectivity index (χ0) is 15.2. The molecule has 1 aromatic heterocycles. The molecule has 0 radical (unpaired) electrons. The highest BCUT2D eigenvalue weighted by Gasteiger charge is 2.14. The maximum absolute atomic E-state index is 13.3. The Bertz CT molecular complexity index is 564. The largest absolute Gasteiger partial charge is 0.308 e. The van der Waals surface area contributed by atoms with Gasteiger partial charge in [-0.15, -0.1) is 0 Å². The number of rotatable bonds is 6. The fourth-order valence-electron chi connectivity index (χ4n) is 2.16. The van der Waals surface area contributed by atoms with Crippen molar-refractivity contribution in [1.29, 1.82) is 0 Å². The van der Waals surface area contributed by atoms with Gasteiger partial charge in [0.1, 0.15) is 17.5 Å². The molecule has 2 aromatic rings. The van der Waals surface area contributed by atoms with Gasteiger partial charge in [-0.25, -0.2) is 13.2 Å². The van der Waals surface area contributed by atoms with Gasteiger partial charge in [-0.2, -0.15) is 0 Å². The van der Waals surface area contributed by atoms with Crippen LogP contribution in [-0.2, 0) is 6.42 Å². The molecule has 1 aromatic carbocycles. The van der Waals surface area contributed by atoms with E-state index >= 15 is 0 Å². The number of pyridine rings is 1. The Morgan fingerprint density at radius 3 is 2.33 bits per heavy atom. The van der Waals surface area contributed by atoms with Crippen molar-refractivity contribution in [1.82, 2.24) is 10.3 Å². The van der Waals surface area contributed by atoms with Crippen LogP contribution in [0.2, 0.25) is 0 Å². The molecule has 2 rings (SSSR count). The van der Waals surface area contributed by atoms with E-state index in [1.54, 1.807) is 6.07 Å². The standard InChI is InChI=1S/C16H17F3N2/c1-2-5-20-16(15-4-3-12(17)10-21-15)8-11-6-13(18)9-14(19)7-11/h3-4,6-7,9-10,16,20H,2,5,8H2,1H3. The number of hydrogen-bond acceptors (Lipinski definition) is 2. The third kappa shape index (κ3) is 4.56. The summed E-state index contributed by atoms with van der Waals surface area (Å²) in [6.45, 7) is 2.76. The fourth-order valence-corrected chi connectivity index (χ4v) is 2.16. The summed E-state index contributed by atoms with van der Waals surface area (Å²) in [6, 6.07) is 6.13. The second-order valence-corrected chi connectivity index (χ2v) is 4.89. The van der Waals surface area contributed by atoms with Gasteiger partial charge in [0.2, 0.25) is 0 Å². The first kappa shape index (κ1) is 15.5. The molecule has 0 aliphatic heterocycles. The van der Waals surface area contributed by atoms with E-state index in [1.165, 1.54) is 18.2 Å². The van der Waals surface area contributed by atoms with Gasteiger partial charge in [-0.1, -0.05) is 6.92 Å². The molecule has 0 fully saturated rings. The van der Waals surface area contributed by atoms with Crippen molar-refractivity contribution < 1.29 is 13.2 Å². The Morgan fingerprint density at radius 2 is 1.76 bits per heavy atom. The summed E-state index contributed by atoms with van der Waals surface area (Å²) >= 11 is 0. The van der Waals surface area contributed by atoms with Crippen LogP contribution in [0, 0.1) is 17.5 Å². The molecule has 0 bridgehead atoms. The van der Waals surface area contributed by atoms with E-state index in [0.717, 1.165) is 25.2 Å². The van der Waals surface area contributed by atoms with E-state index in [1.807, 2.05) is 6.92 Å². The Morgan fingerprint density at radius 1 is 1.05 bits per heavy atom. The van der Waals surface area contributed by atoms with Crippen LogP contribution in [0.4, 0.5) is 13.2 Å². The van der Waals surface area contributed by atoms with Crippen LogP contribution in [0.15, 0.2) is 36.5 Å². The Labute approximate surface area is 122 Å². The molecule has 1 unspecified atom stereocenters. The zero-order valence-electron chi connectivity index (χ0n) is 11.7. The Balaban J connectivity index is 2.21. The average Bonchev–Trinajstić information content (AvgIpc) is 2.43. The summed E-state index contributed by atoms with van der Waals surface area (Å²) in [5.41, 5.74) is 1.18. The predicted octanol–water partition coefficient (Wildman–Crippen LogP) is 3.78. The third-order valence-corrected chi connectivity index (χ3v) is 3.11. The highest BCUT2D eigenvalue weighted by atomic mass is 19.1. The lowest BCUT2D eigenvalue weighted by Gasteiger charge is -2.18. The molecule has 5 heteroatoms. The Kier molecular flexibility index (Phi) is 5.33. The number of nitrogens with one attached hydrogen (secondary N) is 1. The maximum Gasteiger partial charge on any atom is 0.141 e. The van der Waals surface area contributed by atoms with Crippen molar-refractivity contribution >= 4 is 0 Å². The van der Waals surface area contributed by atoms with E-state index in [0.29, 0.717) is 17.7 Å². The molecule has 0 spiro atoms. The van der Waals surface area contributed by atoms with Crippen LogP contribution in [0.25, 0.3) is 0 Å². The van der Waals surface area contributed by atoms with E-state index in [-0.39, 0.29) is 6.04 Å². The monoisotopic (exact) mass is 294 g/mol. The van der Waals surface area contributed by atoms with Crippen LogP contribution >= 0.6 is 0 Å². The second-order valence-electron chi connectivity index (χ2n) is 4.89. The molecule has 1 atom stereocenters. The van der Waals surface area contributed by atoms with Crippen LogP contribution < -0.4 is 5.32 Å². The van der Waals surface area contributed by atoms with Gasteiger partial charge in [0.05, 0.1) is 17.9 Å². The first-order valence-electron chi connectivity index (χ1n) is 6.88. The summed E-state index contributed by atoms with van der Waals surface area (Å²) in [6.07, 6.45) is 2.44. The Hall–Kier alpha value is -1.88. The molecular formula is C16H17F3N2. The summed E-state index contributed by atoms with van der Waals surface area (Å²) in [5, 5.41) is 3.26. The smallest absolute Gasteiger partial charge is 0.141 e. The summed E-state index contributed by atoms with van der Waals surface area (Å²) in [5.74, 6) is -1.62. The molecule has 0 aliphatic rings. The van der Waals surface area contributed by atoms with E-state index in [9.17, 15) is 13.2 Å². The number of halogens is 3. The average molecular weight is 294 g/mol. The molecule has 0 saturated heterocycles. The van der Waals surface area contributed by atoms with Gasteiger partial charge in [0.25, 0.3) is 0 Å². The normalized spacial score (nSPS) is 12.4. The number of nitrogens with zero attached hydrogens (tertiary/aromatic N) is 1. The minimum Gasteiger partial charge on any atom is -0.308 e. The quantitative estimate of drug-likeness (QED) is 0.877. The molecule has 0 aliphatic carbocycles. The van der Waals surface area contributed by atoms with Crippen molar-refractivity contribution in [3.63, 3.8) is 0 Å². The highest BCUT2D eigenvalue weighted by molar-refractivity contribution is 5.21. The third-order valence-electron chi connectivity index (χ3n) is 3.11. The van der Waals surface area contributed by atoms with Crippen LogP contribution in [-0.4, -0.2) is 11.5 Å². The number of aromatic nitrogens is 1. The van der Waals surface area contributed by atoms with Crippen LogP contribution in [0.5, 0.6) is 0 Å². The maximum atomic E-state index is 13.3. The lowest BCUT2D eigenvalue weighted by atomic mass is 10.0. The summed E-state index contributed by atoms with van der Waals surface area (Å²) in [7, 11) is 0. The second kappa shape index (κ2) is 7.22. The van der Waals surface area contributed by atoms with Gasteiger partial charge in [0.15, 0.2) is 0 Å². The summed E-state index contributed by atoms with van der Waals surface area (Å²) in [4.78, 5) is 4.05. The molecule has 0 amide bonds. The van der Waals surface area contributed by atoms with Crippen molar-refractivity contribution in [2.45, 2.75) is 25.8 Å². The highest BCUT2D eigenvalue weighted by Crippen LogP contribution is 2.18. The molecule has 1 N–H and O–H groups in total. The zero-order valence-corrected chi connectivity index (χ0v) is 11.7. The van der Waals surface area contributed by atoms with Gasteiger partial charge >= 0.3 is 0 Å². The molecular weight excluding hydrogens is 277 g/mol. The minimum atomic E-state index is -0.605. The van der Waals surface area contributed by atoms with Crippen molar-refractivity contribution in [2.75, 3.05) is 6.54 Å². The first-order valence-corrected chi connectivity index (χ1v) is 6.88. The van der Waals surface area contributed by atoms with E-state index in [2.05, 4.69) is 10.3 Å². The van der Waals surface area contributed by atoms with Gasteiger partial charge in [-0.05, 0) is 49.2 Å². The van der Waals surface area contributed by atoms with Gasteiger partial charge < -0.3 is 5.32 Å². The summed E-state index contributed by atoms with van der Waals surface area (Å²) < 4.78 is 39.5. The van der Waals surface area contributed by atoms with Gasteiger partial charge in [0, 0.05) is 6.07 Å². The molecule has 21 heavy (non-hydrogen) atoms. The van der Waals surface area contributed by atoms with E-state index in [4.69, 9.17) is 0 Å². The lowest BCUT2D eigenvalue weighted by molar-refractivity contribution is 0.509. The van der Waals surface area contributed by atoms with Crippen LogP contribution in [0.3, 0.4) is 0 Å². The topological polar surface area (TPSA) is 24.9 Å². The SMILES string of the molecule is CCCNC(Cc1cc(F)cc(F)c1)c1ccc(F)cn1.